The molecule has 2 rings (SSSR count). The number of aliphatic hydroxyl groups excluding tert-OH is 1. The predicted octanol–water partition coefficient (Wildman–Crippen LogP) is 1.26. The lowest BCUT2D eigenvalue weighted by Gasteiger charge is -2.13. The number of imidazole rings is 1. The normalized spacial score (nSPS) is 14.8. The second-order valence-corrected chi connectivity index (χ2v) is 5.13. The number of rotatable bonds is 4. The first-order valence-electron chi connectivity index (χ1n) is 5.35. The van der Waals surface area contributed by atoms with Gasteiger partial charge in [-0.1, -0.05) is 18.7 Å². The fourth-order valence-corrected chi connectivity index (χ4v) is 2.23. The van der Waals surface area contributed by atoms with Crippen LogP contribution in [0, 0.1) is 0 Å². The molecule has 2 unspecified atom stereocenters. The standard InChI is InChI=1S/C10H15N5OS/c1-5(16)6(2)17-9-7-8(13-4-12-7)14-10(11-3)15-9/h4-6,16H,1-3H3,(H2,11,12,13,14,15). The molecule has 0 spiro atoms. The summed E-state index contributed by atoms with van der Waals surface area (Å²) < 4.78 is 0. The van der Waals surface area contributed by atoms with Crippen molar-refractivity contribution in [2.45, 2.75) is 30.2 Å². The summed E-state index contributed by atoms with van der Waals surface area (Å²) in [5.74, 6) is 0.532. The Bertz CT molecular complexity index is 512. The number of nitrogens with one attached hydrogen (secondary N) is 2. The van der Waals surface area contributed by atoms with Gasteiger partial charge in [0, 0.05) is 12.3 Å². The van der Waals surface area contributed by atoms with Crippen molar-refractivity contribution in [1.82, 2.24) is 19.9 Å². The Labute approximate surface area is 103 Å². The van der Waals surface area contributed by atoms with Crippen LogP contribution in [0.1, 0.15) is 13.8 Å². The fraction of sp³-hybridized carbons (Fsp3) is 0.500. The van der Waals surface area contributed by atoms with Crippen molar-refractivity contribution in [3.8, 4) is 0 Å². The van der Waals surface area contributed by atoms with Gasteiger partial charge in [0.05, 0.1) is 12.4 Å². The number of hydrogen-bond acceptors (Lipinski definition) is 6. The summed E-state index contributed by atoms with van der Waals surface area (Å²) in [6.07, 6.45) is 1.20. The van der Waals surface area contributed by atoms with Crippen molar-refractivity contribution in [3.05, 3.63) is 6.33 Å². The molecule has 0 saturated heterocycles. The third kappa shape index (κ3) is 2.50. The highest BCUT2D eigenvalue weighted by Gasteiger charge is 2.16. The molecule has 17 heavy (non-hydrogen) atoms. The molecule has 6 nitrogen and oxygen atoms in total. The van der Waals surface area contributed by atoms with Gasteiger partial charge in [-0.05, 0) is 6.92 Å². The van der Waals surface area contributed by atoms with Gasteiger partial charge in [-0.25, -0.2) is 9.97 Å². The van der Waals surface area contributed by atoms with Crippen LogP contribution < -0.4 is 5.32 Å². The van der Waals surface area contributed by atoms with Gasteiger partial charge < -0.3 is 15.4 Å². The number of thioether (sulfide) groups is 1. The first-order chi connectivity index (χ1) is 8.11. The number of nitrogens with zero attached hydrogens (tertiary/aromatic N) is 3. The fourth-order valence-electron chi connectivity index (χ4n) is 1.28. The van der Waals surface area contributed by atoms with E-state index >= 15 is 0 Å². The smallest absolute Gasteiger partial charge is 0.225 e. The van der Waals surface area contributed by atoms with Crippen LogP contribution in [0.25, 0.3) is 11.2 Å². The molecule has 0 aliphatic carbocycles. The monoisotopic (exact) mass is 253 g/mol. The molecule has 0 aliphatic rings. The van der Waals surface area contributed by atoms with Gasteiger partial charge in [0.25, 0.3) is 0 Å². The van der Waals surface area contributed by atoms with Gasteiger partial charge in [0.2, 0.25) is 5.95 Å². The summed E-state index contributed by atoms with van der Waals surface area (Å²) in [5, 5.41) is 13.3. The molecule has 0 aromatic carbocycles. The Hall–Kier alpha value is -1.34. The van der Waals surface area contributed by atoms with Crippen LogP contribution in [0.5, 0.6) is 0 Å². The summed E-state index contributed by atoms with van der Waals surface area (Å²) in [6.45, 7) is 3.72. The quantitative estimate of drug-likeness (QED) is 0.561. The maximum absolute atomic E-state index is 9.53. The van der Waals surface area contributed by atoms with Crippen LogP contribution in [0.4, 0.5) is 5.95 Å². The van der Waals surface area contributed by atoms with E-state index in [9.17, 15) is 5.11 Å². The summed E-state index contributed by atoms with van der Waals surface area (Å²) in [4.78, 5) is 15.7. The SMILES string of the molecule is CNc1nc(SC(C)C(C)O)c2[nH]cnc2n1. The second kappa shape index (κ2) is 4.89. The third-order valence-electron chi connectivity index (χ3n) is 2.45. The number of aromatic nitrogens is 4. The molecule has 2 heterocycles. The molecular formula is C10H15N5OS. The average Bonchev–Trinajstić information content (AvgIpc) is 2.76. The Morgan fingerprint density at radius 1 is 1.41 bits per heavy atom. The minimum atomic E-state index is -0.397. The average molecular weight is 253 g/mol. The molecule has 92 valence electrons. The lowest BCUT2D eigenvalue weighted by Crippen LogP contribution is -2.15. The van der Waals surface area contributed by atoms with E-state index in [1.165, 1.54) is 11.8 Å². The Morgan fingerprint density at radius 3 is 2.82 bits per heavy atom. The van der Waals surface area contributed by atoms with Crippen molar-refractivity contribution < 1.29 is 5.11 Å². The highest BCUT2D eigenvalue weighted by Crippen LogP contribution is 2.28. The van der Waals surface area contributed by atoms with Crippen molar-refractivity contribution in [2.75, 3.05) is 12.4 Å². The summed E-state index contributed by atoms with van der Waals surface area (Å²) >= 11 is 1.50. The van der Waals surface area contributed by atoms with Crippen molar-refractivity contribution in [2.24, 2.45) is 0 Å². The topological polar surface area (TPSA) is 86.7 Å². The highest BCUT2D eigenvalue weighted by molar-refractivity contribution is 8.00. The van der Waals surface area contributed by atoms with E-state index in [-0.39, 0.29) is 5.25 Å². The second-order valence-electron chi connectivity index (χ2n) is 3.77. The number of fused-ring (bicyclic) bond motifs is 1. The minimum Gasteiger partial charge on any atom is -0.392 e. The zero-order chi connectivity index (χ0) is 12.4. The molecule has 7 heteroatoms. The summed E-state index contributed by atoms with van der Waals surface area (Å²) in [6, 6.07) is 0. The maximum atomic E-state index is 9.53. The predicted molar refractivity (Wildman–Crippen MR) is 68.2 cm³/mol. The maximum Gasteiger partial charge on any atom is 0.225 e. The van der Waals surface area contributed by atoms with Crippen LogP contribution in [-0.4, -0.2) is 43.4 Å². The van der Waals surface area contributed by atoms with E-state index in [4.69, 9.17) is 0 Å². The van der Waals surface area contributed by atoms with Gasteiger partial charge in [0.15, 0.2) is 5.65 Å². The van der Waals surface area contributed by atoms with Gasteiger partial charge in [-0.2, -0.15) is 4.98 Å². The number of aliphatic hydroxyl groups is 1. The highest BCUT2D eigenvalue weighted by atomic mass is 32.2. The van der Waals surface area contributed by atoms with Gasteiger partial charge in [-0.15, -0.1) is 0 Å². The molecule has 2 aromatic heterocycles. The van der Waals surface area contributed by atoms with E-state index in [2.05, 4.69) is 25.3 Å². The van der Waals surface area contributed by atoms with Gasteiger partial charge >= 0.3 is 0 Å². The summed E-state index contributed by atoms with van der Waals surface area (Å²) in [5.41, 5.74) is 1.44. The van der Waals surface area contributed by atoms with E-state index < -0.39 is 6.10 Å². The number of hydrogen-bond donors (Lipinski definition) is 3. The number of aromatic amines is 1. The molecule has 2 atom stereocenters. The van der Waals surface area contributed by atoms with Crippen LogP contribution >= 0.6 is 11.8 Å². The van der Waals surface area contributed by atoms with Crippen molar-refractivity contribution in [1.29, 1.82) is 0 Å². The molecule has 0 bridgehead atoms. The van der Waals surface area contributed by atoms with Crippen molar-refractivity contribution in [3.63, 3.8) is 0 Å². The molecular weight excluding hydrogens is 238 g/mol. The number of anilines is 1. The molecule has 0 fully saturated rings. The van der Waals surface area contributed by atoms with Crippen LogP contribution in [0.3, 0.4) is 0 Å². The van der Waals surface area contributed by atoms with Crippen LogP contribution in [-0.2, 0) is 0 Å². The van der Waals surface area contributed by atoms with E-state index in [0.29, 0.717) is 11.6 Å². The molecule has 0 saturated carbocycles. The summed E-state index contributed by atoms with van der Waals surface area (Å²) in [7, 11) is 1.76. The van der Waals surface area contributed by atoms with E-state index in [1.54, 1.807) is 20.3 Å². The Kier molecular flexibility index (Phi) is 3.49. The zero-order valence-corrected chi connectivity index (χ0v) is 10.7. The Balaban J connectivity index is 2.40. The van der Waals surface area contributed by atoms with Crippen LogP contribution in [0.2, 0.25) is 0 Å². The van der Waals surface area contributed by atoms with Crippen LogP contribution in [0.15, 0.2) is 11.4 Å². The van der Waals surface area contributed by atoms with Gasteiger partial charge in [0.1, 0.15) is 10.5 Å². The number of H-pyrrole nitrogens is 1. The minimum absolute atomic E-state index is 0.0566. The zero-order valence-electron chi connectivity index (χ0n) is 9.93. The molecule has 0 amide bonds. The lowest BCUT2D eigenvalue weighted by molar-refractivity contribution is 0.196. The third-order valence-corrected chi connectivity index (χ3v) is 3.74. The molecule has 0 aliphatic heterocycles. The van der Waals surface area contributed by atoms with E-state index in [1.807, 2.05) is 6.92 Å². The van der Waals surface area contributed by atoms with Gasteiger partial charge in [-0.3, -0.25) is 0 Å². The first kappa shape index (κ1) is 12.1. The Morgan fingerprint density at radius 2 is 2.18 bits per heavy atom. The molecule has 0 radical (unpaired) electrons. The molecule has 2 aromatic rings. The molecule has 3 N–H and O–H groups in total. The van der Waals surface area contributed by atoms with E-state index in [0.717, 1.165) is 10.5 Å². The lowest BCUT2D eigenvalue weighted by atomic mass is 10.3. The van der Waals surface area contributed by atoms with Crippen molar-refractivity contribution >= 4 is 28.9 Å². The largest absolute Gasteiger partial charge is 0.392 e. The first-order valence-corrected chi connectivity index (χ1v) is 6.23.